The van der Waals surface area contributed by atoms with Gasteiger partial charge < -0.3 is 0 Å². The number of benzene rings is 1. The second kappa shape index (κ2) is 4.22. The summed E-state index contributed by atoms with van der Waals surface area (Å²) < 4.78 is 0. The average Bonchev–Trinajstić information content (AvgIpc) is 2.27. The van der Waals surface area contributed by atoms with Crippen LogP contribution in [-0.2, 0) is 11.2 Å². The Bertz CT molecular complexity index is 459. The van der Waals surface area contributed by atoms with Crippen molar-refractivity contribution in [1.29, 1.82) is 0 Å². The predicted molar refractivity (Wildman–Crippen MR) is 59.6 cm³/mol. The molecule has 1 aliphatic carbocycles. The van der Waals surface area contributed by atoms with Gasteiger partial charge in [-0.15, -0.1) is 0 Å². The molecule has 2 rings (SSSR count). The largest absolute Gasteiger partial charge is 0.281 e. The standard InChI is InChI=1S/C11H10ClNO3/c12-11(14)10-3-1-2-7-6-8(13(15)16)4-5-9(7)10/h4-6,10H,1-3H2. The topological polar surface area (TPSA) is 60.2 Å². The highest BCUT2D eigenvalue weighted by atomic mass is 35.5. The van der Waals surface area contributed by atoms with E-state index in [0.717, 1.165) is 30.4 Å². The van der Waals surface area contributed by atoms with E-state index < -0.39 is 4.92 Å². The van der Waals surface area contributed by atoms with Crippen LogP contribution < -0.4 is 0 Å². The fraction of sp³-hybridized carbons (Fsp3) is 0.364. The molecule has 16 heavy (non-hydrogen) atoms. The number of hydrogen-bond donors (Lipinski definition) is 0. The third-order valence-corrected chi connectivity index (χ3v) is 3.19. The molecule has 0 aliphatic heterocycles. The Morgan fingerprint density at radius 1 is 1.50 bits per heavy atom. The third kappa shape index (κ3) is 1.93. The Hall–Kier alpha value is -1.42. The van der Waals surface area contributed by atoms with Crippen molar-refractivity contribution in [2.24, 2.45) is 0 Å². The third-order valence-electron chi connectivity index (χ3n) is 2.93. The Labute approximate surface area is 97.4 Å². The molecule has 0 aromatic heterocycles. The molecule has 0 heterocycles. The lowest BCUT2D eigenvalue weighted by atomic mass is 9.83. The second-order valence-corrected chi connectivity index (χ2v) is 4.26. The molecule has 0 bridgehead atoms. The minimum Gasteiger partial charge on any atom is -0.281 e. The molecular weight excluding hydrogens is 230 g/mol. The fourth-order valence-corrected chi connectivity index (χ4v) is 2.38. The summed E-state index contributed by atoms with van der Waals surface area (Å²) in [5, 5.41) is 10.2. The van der Waals surface area contributed by atoms with E-state index in [9.17, 15) is 14.9 Å². The number of halogens is 1. The first kappa shape index (κ1) is 11.1. The number of non-ortho nitro benzene ring substituents is 1. The maximum Gasteiger partial charge on any atom is 0.269 e. The molecule has 0 spiro atoms. The molecule has 4 nitrogen and oxygen atoms in total. The van der Waals surface area contributed by atoms with Gasteiger partial charge >= 0.3 is 0 Å². The molecule has 0 saturated heterocycles. The zero-order valence-electron chi connectivity index (χ0n) is 8.48. The van der Waals surface area contributed by atoms with Gasteiger partial charge in [-0.05, 0) is 42.0 Å². The van der Waals surface area contributed by atoms with Crippen molar-refractivity contribution in [2.75, 3.05) is 0 Å². The van der Waals surface area contributed by atoms with E-state index in [4.69, 9.17) is 11.6 Å². The van der Waals surface area contributed by atoms with Gasteiger partial charge in [0, 0.05) is 12.1 Å². The quantitative estimate of drug-likeness (QED) is 0.453. The molecule has 0 radical (unpaired) electrons. The molecule has 0 amide bonds. The second-order valence-electron chi connectivity index (χ2n) is 3.89. The first-order chi connectivity index (χ1) is 7.59. The van der Waals surface area contributed by atoms with Gasteiger partial charge in [0.05, 0.1) is 10.8 Å². The maximum absolute atomic E-state index is 11.2. The van der Waals surface area contributed by atoms with Crippen LogP contribution in [0.15, 0.2) is 18.2 Å². The first-order valence-electron chi connectivity index (χ1n) is 5.06. The van der Waals surface area contributed by atoms with Gasteiger partial charge in [0.25, 0.3) is 5.69 Å². The van der Waals surface area contributed by atoms with Crippen LogP contribution in [0.5, 0.6) is 0 Å². The van der Waals surface area contributed by atoms with Crippen molar-refractivity contribution in [1.82, 2.24) is 0 Å². The Morgan fingerprint density at radius 3 is 2.88 bits per heavy atom. The summed E-state index contributed by atoms with van der Waals surface area (Å²) in [4.78, 5) is 21.4. The molecule has 0 saturated carbocycles. The lowest BCUT2D eigenvalue weighted by Gasteiger charge is -2.21. The Balaban J connectivity index is 2.44. The number of hydrogen-bond acceptors (Lipinski definition) is 3. The summed E-state index contributed by atoms with van der Waals surface area (Å²) in [6.07, 6.45) is 2.35. The summed E-state index contributed by atoms with van der Waals surface area (Å²) >= 11 is 5.51. The number of carbonyl (C=O) groups excluding carboxylic acids is 1. The van der Waals surface area contributed by atoms with Crippen LogP contribution in [-0.4, -0.2) is 10.2 Å². The zero-order chi connectivity index (χ0) is 11.7. The SMILES string of the molecule is O=C(Cl)C1CCCc2cc([N+](=O)[O-])ccc21. The van der Waals surface area contributed by atoms with Gasteiger partial charge in [-0.1, -0.05) is 6.07 Å². The van der Waals surface area contributed by atoms with Crippen molar-refractivity contribution in [3.63, 3.8) is 0 Å². The number of nitro benzene ring substituents is 1. The zero-order valence-corrected chi connectivity index (χ0v) is 9.24. The lowest BCUT2D eigenvalue weighted by Crippen LogP contribution is -2.14. The number of nitro groups is 1. The van der Waals surface area contributed by atoms with E-state index >= 15 is 0 Å². The Kier molecular flexibility index (Phi) is 2.92. The molecular formula is C11H10ClNO3. The average molecular weight is 240 g/mol. The molecule has 1 aromatic carbocycles. The molecule has 1 unspecified atom stereocenters. The van der Waals surface area contributed by atoms with E-state index in [0.29, 0.717) is 0 Å². The molecule has 1 atom stereocenters. The summed E-state index contributed by atoms with van der Waals surface area (Å²) in [6.45, 7) is 0. The summed E-state index contributed by atoms with van der Waals surface area (Å²) in [5.41, 5.74) is 1.79. The van der Waals surface area contributed by atoms with Crippen molar-refractivity contribution in [3.8, 4) is 0 Å². The molecule has 5 heteroatoms. The van der Waals surface area contributed by atoms with E-state index in [1.54, 1.807) is 12.1 Å². The van der Waals surface area contributed by atoms with Gasteiger partial charge in [0.1, 0.15) is 0 Å². The molecule has 1 aliphatic rings. The summed E-state index contributed by atoms with van der Waals surface area (Å²) in [5.74, 6) is -0.300. The van der Waals surface area contributed by atoms with Gasteiger partial charge in [0.15, 0.2) is 0 Å². The van der Waals surface area contributed by atoms with Gasteiger partial charge in [-0.3, -0.25) is 14.9 Å². The monoisotopic (exact) mass is 239 g/mol. The molecule has 0 fully saturated rings. The van der Waals surface area contributed by atoms with Crippen LogP contribution in [0.3, 0.4) is 0 Å². The van der Waals surface area contributed by atoms with E-state index in [1.807, 2.05) is 0 Å². The number of fused-ring (bicyclic) bond motifs is 1. The fourth-order valence-electron chi connectivity index (χ4n) is 2.15. The van der Waals surface area contributed by atoms with Crippen LogP contribution in [0, 0.1) is 10.1 Å². The van der Waals surface area contributed by atoms with Crippen LogP contribution in [0.1, 0.15) is 29.9 Å². The number of carbonyl (C=O) groups is 1. The first-order valence-corrected chi connectivity index (χ1v) is 5.44. The van der Waals surface area contributed by atoms with Crippen molar-refractivity contribution in [3.05, 3.63) is 39.4 Å². The van der Waals surface area contributed by atoms with E-state index in [-0.39, 0.29) is 16.8 Å². The number of nitrogens with zero attached hydrogens (tertiary/aromatic N) is 1. The Morgan fingerprint density at radius 2 is 2.25 bits per heavy atom. The molecule has 0 N–H and O–H groups in total. The van der Waals surface area contributed by atoms with Crippen molar-refractivity contribution >= 4 is 22.5 Å². The normalized spacial score (nSPS) is 18.9. The smallest absolute Gasteiger partial charge is 0.269 e. The van der Waals surface area contributed by atoms with Crippen LogP contribution in [0.25, 0.3) is 0 Å². The number of aryl methyl sites for hydroxylation is 1. The molecule has 84 valence electrons. The summed E-state index contributed by atoms with van der Waals surface area (Å²) in [6, 6.07) is 4.62. The molecule has 1 aromatic rings. The van der Waals surface area contributed by atoms with Gasteiger partial charge in [-0.25, -0.2) is 0 Å². The van der Waals surface area contributed by atoms with Crippen LogP contribution in [0.2, 0.25) is 0 Å². The van der Waals surface area contributed by atoms with Crippen LogP contribution in [0.4, 0.5) is 5.69 Å². The van der Waals surface area contributed by atoms with Gasteiger partial charge in [0.2, 0.25) is 5.24 Å². The van der Waals surface area contributed by atoms with E-state index in [1.165, 1.54) is 6.07 Å². The maximum atomic E-state index is 11.2. The predicted octanol–water partition coefficient (Wildman–Crippen LogP) is 2.78. The highest BCUT2D eigenvalue weighted by molar-refractivity contribution is 6.64. The highest BCUT2D eigenvalue weighted by Gasteiger charge is 2.26. The lowest BCUT2D eigenvalue weighted by molar-refractivity contribution is -0.384. The minimum absolute atomic E-state index is 0.0708. The number of rotatable bonds is 2. The minimum atomic E-state index is -0.424. The van der Waals surface area contributed by atoms with Crippen molar-refractivity contribution < 1.29 is 9.72 Å². The van der Waals surface area contributed by atoms with Crippen LogP contribution >= 0.6 is 11.6 Å². The highest BCUT2D eigenvalue weighted by Crippen LogP contribution is 2.34. The summed E-state index contributed by atoms with van der Waals surface area (Å²) in [7, 11) is 0. The van der Waals surface area contributed by atoms with E-state index in [2.05, 4.69) is 0 Å². The van der Waals surface area contributed by atoms with Gasteiger partial charge in [-0.2, -0.15) is 0 Å². The van der Waals surface area contributed by atoms with Crippen molar-refractivity contribution in [2.45, 2.75) is 25.2 Å².